The molecule has 7 heteroatoms. The maximum Gasteiger partial charge on any atom is 0.326 e. The number of hydrogen-bond acceptors (Lipinski definition) is 4. The molecule has 0 aromatic rings. The van der Waals surface area contributed by atoms with Crippen LogP contribution in [0.1, 0.15) is 40.0 Å². The van der Waals surface area contributed by atoms with Gasteiger partial charge in [0.05, 0.1) is 6.04 Å². The van der Waals surface area contributed by atoms with Crippen LogP contribution in [-0.4, -0.2) is 52.5 Å². The quantitative estimate of drug-likeness (QED) is 0.636. The molecule has 7 nitrogen and oxygen atoms in total. The van der Waals surface area contributed by atoms with Crippen molar-refractivity contribution >= 4 is 17.8 Å². The topological polar surface area (TPSA) is 113 Å². The number of nitrogens with zero attached hydrogens (tertiary/aromatic N) is 1. The van der Waals surface area contributed by atoms with Crippen molar-refractivity contribution in [3.05, 3.63) is 0 Å². The largest absolute Gasteiger partial charge is 0.480 e. The second-order valence-corrected chi connectivity index (χ2v) is 5.99. The predicted molar refractivity (Wildman–Crippen MR) is 77.4 cm³/mol. The third-order valence-electron chi connectivity index (χ3n) is 3.61. The van der Waals surface area contributed by atoms with Crippen molar-refractivity contribution in [2.24, 2.45) is 11.7 Å². The molecule has 4 N–H and O–H groups in total. The van der Waals surface area contributed by atoms with Gasteiger partial charge in [0.15, 0.2) is 0 Å². The van der Waals surface area contributed by atoms with Gasteiger partial charge in [-0.2, -0.15) is 0 Å². The van der Waals surface area contributed by atoms with E-state index in [1.807, 2.05) is 13.8 Å². The highest BCUT2D eigenvalue weighted by atomic mass is 16.4. The minimum atomic E-state index is -1.00. The third-order valence-corrected chi connectivity index (χ3v) is 3.61. The van der Waals surface area contributed by atoms with Gasteiger partial charge in [0.1, 0.15) is 12.1 Å². The van der Waals surface area contributed by atoms with Crippen LogP contribution in [0.2, 0.25) is 0 Å². The summed E-state index contributed by atoms with van der Waals surface area (Å²) in [5.41, 5.74) is 5.76. The monoisotopic (exact) mass is 299 g/mol. The number of hydrogen-bond donors (Lipinski definition) is 3. The predicted octanol–water partition coefficient (Wildman–Crippen LogP) is -0.0599. The molecule has 120 valence electrons. The molecule has 1 saturated heterocycles. The fourth-order valence-electron chi connectivity index (χ4n) is 2.53. The number of nitrogens with one attached hydrogen (secondary N) is 1. The first-order valence-corrected chi connectivity index (χ1v) is 7.33. The van der Waals surface area contributed by atoms with Crippen molar-refractivity contribution in [3.63, 3.8) is 0 Å². The number of rotatable bonds is 6. The Morgan fingerprint density at radius 3 is 2.48 bits per heavy atom. The summed E-state index contributed by atoms with van der Waals surface area (Å²) < 4.78 is 0. The van der Waals surface area contributed by atoms with Gasteiger partial charge in [-0.05, 0) is 32.1 Å². The van der Waals surface area contributed by atoms with Crippen LogP contribution < -0.4 is 11.1 Å². The van der Waals surface area contributed by atoms with Gasteiger partial charge in [-0.3, -0.25) is 9.59 Å². The molecule has 0 unspecified atom stereocenters. The number of likely N-dealkylation sites (tertiary alicyclic amines) is 1. The van der Waals surface area contributed by atoms with E-state index in [0.29, 0.717) is 25.8 Å². The summed E-state index contributed by atoms with van der Waals surface area (Å²) in [4.78, 5) is 36.6. The standard InChI is InChI=1S/C14H25N3O4/c1-8(2)7-10(15)12(18)16-9(3)13(19)17-6-4-5-11(17)14(20)21/h8-11H,4-7,15H2,1-3H3,(H,16,18)(H,20,21)/t9-,10-,11+/m0/s1. The smallest absolute Gasteiger partial charge is 0.326 e. The van der Waals surface area contributed by atoms with E-state index in [-0.39, 0.29) is 17.7 Å². The van der Waals surface area contributed by atoms with Gasteiger partial charge in [-0.25, -0.2) is 4.79 Å². The zero-order valence-electron chi connectivity index (χ0n) is 12.8. The summed E-state index contributed by atoms with van der Waals surface area (Å²) in [5, 5.41) is 11.7. The zero-order valence-corrected chi connectivity index (χ0v) is 12.8. The normalized spacial score (nSPS) is 21.2. The number of carbonyl (C=O) groups excluding carboxylic acids is 2. The fourth-order valence-corrected chi connectivity index (χ4v) is 2.53. The fraction of sp³-hybridized carbons (Fsp3) is 0.786. The molecule has 0 radical (unpaired) electrons. The van der Waals surface area contributed by atoms with Crippen LogP contribution in [0.3, 0.4) is 0 Å². The Bertz CT molecular complexity index is 411. The molecule has 0 spiro atoms. The highest BCUT2D eigenvalue weighted by Crippen LogP contribution is 2.18. The summed E-state index contributed by atoms with van der Waals surface area (Å²) in [6, 6.07) is -2.22. The molecule has 1 fully saturated rings. The van der Waals surface area contributed by atoms with E-state index < -0.39 is 24.1 Å². The van der Waals surface area contributed by atoms with Crippen LogP contribution >= 0.6 is 0 Å². The van der Waals surface area contributed by atoms with E-state index in [1.165, 1.54) is 4.90 Å². The molecule has 0 bridgehead atoms. The van der Waals surface area contributed by atoms with Crippen LogP contribution in [-0.2, 0) is 14.4 Å². The summed E-state index contributed by atoms with van der Waals surface area (Å²) >= 11 is 0. The molecule has 0 aromatic carbocycles. The van der Waals surface area contributed by atoms with Gasteiger partial charge in [-0.15, -0.1) is 0 Å². The van der Waals surface area contributed by atoms with Gasteiger partial charge >= 0.3 is 5.97 Å². The van der Waals surface area contributed by atoms with E-state index in [1.54, 1.807) is 6.92 Å². The number of nitrogens with two attached hydrogens (primary N) is 1. The highest BCUT2D eigenvalue weighted by Gasteiger charge is 2.36. The van der Waals surface area contributed by atoms with Crippen LogP contribution in [0, 0.1) is 5.92 Å². The summed E-state index contributed by atoms with van der Waals surface area (Å²) in [6.45, 7) is 5.89. The summed E-state index contributed by atoms with van der Waals surface area (Å²) in [6.07, 6.45) is 1.65. The SMILES string of the molecule is CC(C)C[C@H](N)C(=O)N[C@@H](C)C(=O)N1CCC[C@@H]1C(=O)O. The maximum absolute atomic E-state index is 12.2. The Labute approximate surface area is 124 Å². The minimum absolute atomic E-state index is 0.284. The van der Waals surface area contributed by atoms with Crippen molar-refractivity contribution in [2.45, 2.75) is 58.2 Å². The molecule has 0 aromatic heterocycles. The lowest BCUT2D eigenvalue weighted by atomic mass is 10.0. The number of carboxylic acids is 1. The van der Waals surface area contributed by atoms with Gasteiger partial charge in [0.25, 0.3) is 0 Å². The van der Waals surface area contributed by atoms with Crippen molar-refractivity contribution in [2.75, 3.05) is 6.54 Å². The highest BCUT2D eigenvalue weighted by molar-refractivity contribution is 5.91. The molecule has 21 heavy (non-hydrogen) atoms. The molecule has 1 heterocycles. The maximum atomic E-state index is 12.2. The number of carbonyl (C=O) groups is 3. The Morgan fingerprint density at radius 2 is 1.95 bits per heavy atom. The molecule has 1 rings (SSSR count). The molecule has 0 saturated carbocycles. The molecule has 1 aliphatic rings. The van der Waals surface area contributed by atoms with Gasteiger partial charge in [0, 0.05) is 6.54 Å². The van der Waals surface area contributed by atoms with E-state index in [0.717, 1.165) is 0 Å². The van der Waals surface area contributed by atoms with E-state index in [2.05, 4.69) is 5.32 Å². The van der Waals surface area contributed by atoms with Crippen LogP contribution in [0.4, 0.5) is 0 Å². The Morgan fingerprint density at radius 1 is 1.33 bits per heavy atom. The van der Waals surface area contributed by atoms with E-state index >= 15 is 0 Å². The van der Waals surface area contributed by atoms with Crippen LogP contribution in [0.15, 0.2) is 0 Å². The second kappa shape index (κ2) is 7.40. The third kappa shape index (κ3) is 4.70. The molecular formula is C14H25N3O4. The van der Waals surface area contributed by atoms with Crippen molar-refractivity contribution in [3.8, 4) is 0 Å². The molecule has 1 aliphatic heterocycles. The van der Waals surface area contributed by atoms with Crippen molar-refractivity contribution in [1.82, 2.24) is 10.2 Å². The average Bonchev–Trinajstić information content (AvgIpc) is 2.85. The first-order valence-electron chi connectivity index (χ1n) is 7.33. The molecule has 2 amide bonds. The number of aliphatic carboxylic acids is 1. The zero-order chi connectivity index (χ0) is 16.2. The average molecular weight is 299 g/mol. The van der Waals surface area contributed by atoms with Crippen LogP contribution in [0.25, 0.3) is 0 Å². The van der Waals surface area contributed by atoms with Gasteiger partial charge in [-0.1, -0.05) is 13.8 Å². The molecule has 3 atom stereocenters. The summed E-state index contributed by atoms with van der Waals surface area (Å²) in [7, 11) is 0. The first kappa shape index (κ1) is 17.4. The Balaban J connectivity index is 2.58. The van der Waals surface area contributed by atoms with Crippen LogP contribution in [0.5, 0.6) is 0 Å². The van der Waals surface area contributed by atoms with Crippen molar-refractivity contribution in [1.29, 1.82) is 0 Å². The lowest BCUT2D eigenvalue weighted by Crippen LogP contribution is -2.53. The van der Waals surface area contributed by atoms with Gasteiger partial charge in [0.2, 0.25) is 11.8 Å². The molecular weight excluding hydrogens is 274 g/mol. The Hall–Kier alpha value is -1.63. The summed E-state index contributed by atoms with van der Waals surface area (Å²) in [5.74, 6) is -1.47. The van der Waals surface area contributed by atoms with Crippen molar-refractivity contribution < 1.29 is 19.5 Å². The number of carboxylic acid groups (broad SMARTS) is 1. The lowest BCUT2D eigenvalue weighted by Gasteiger charge is -2.26. The van der Waals surface area contributed by atoms with E-state index in [4.69, 9.17) is 10.8 Å². The first-order chi connectivity index (χ1) is 9.73. The van der Waals surface area contributed by atoms with E-state index in [9.17, 15) is 14.4 Å². The molecule has 0 aliphatic carbocycles. The van der Waals surface area contributed by atoms with Gasteiger partial charge < -0.3 is 21.1 Å². The second-order valence-electron chi connectivity index (χ2n) is 5.99. The lowest BCUT2D eigenvalue weighted by molar-refractivity contribution is -0.149. The number of amides is 2. The Kier molecular flexibility index (Phi) is 6.14. The minimum Gasteiger partial charge on any atom is -0.480 e.